The van der Waals surface area contributed by atoms with E-state index < -0.39 is 0 Å². The van der Waals surface area contributed by atoms with Crippen molar-refractivity contribution in [2.45, 2.75) is 29.7 Å². The third kappa shape index (κ3) is 4.58. The molecule has 4 aromatic rings. The van der Waals surface area contributed by atoms with Crippen LogP contribution in [-0.4, -0.2) is 25.7 Å². The van der Waals surface area contributed by atoms with Crippen LogP contribution < -0.4 is 5.32 Å². The number of rotatable bonds is 6. The van der Waals surface area contributed by atoms with Crippen LogP contribution in [0.1, 0.15) is 30.2 Å². The van der Waals surface area contributed by atoms with Crippen molar-refractivity contribution in [2.24, 2.45) is 0 Å². The molecule has 0 aliphatic carbocycles. The van der Waals surface area contributed by atoms with E-state index >= 15 is 0 Å². The van der Waals surface area contributed by atoms with Crippen LogP contribution in [0.25, 0.3) is 11.5 Å². The number of pyridine rings is 1. The summed E-state index contributed by atoms with van der Waals surface area (Å²) >= 11 is 1.62. The van der Waals surface area contributed by atoms with Gasteiger partial charge in [0, 0.05) is 21.4 Å². The van der Waals surface area contributed by atoms with Crippen molar-refractivity contribution in [3.05, 3.63) is 84.7 Å². The maximum atomic E-state index is 12.8. The molecule has 0 fully saturated rings. The van der Waals surface area contributed by atoms with E-state index in [2.05, 4.69) is 34.3 Å². The van der Waals surface area contributed by atoms with Gasteiger partial charge < -0.3 is 9.88 Å². The van der Waals surface area contributed by atoms with Gasteiger partial charge >= 0.3 is 0 Å². The molecule has 1 amide bonds. The van der Waals surface area contributed by atoms with Crippen molar-refractivity contribution in [1.82, 2.24) is 19.7 Å². The van der Waals surface area contributed by atoms with E-state index in [4.69, 9.17) is 0 Å². The Bertz CT molecular complexity index is 1160. The lowest BCUT2D eigenvalue weighted by Crippen LogP contribution is -2.13. The number of nitrogens with one attached hydrogen (secondary N) is 1. The molecule has 0 spiro atoms. The first-order valence-electron chi connectivity index (χ1n) is 9.61. The van der Waals surface area contributed by atoms with E-state index in [0.29, 0.717) is 22.9 Å². The topological polar surface area (TPSA) is 72.7 Å². The van der Waals surface area contributed by atoms with E-state index in [-0.39, 0.29) is 11.9 Å². The van der Waals surface area contributed by atoms with Crippen molar-refractivity contribution in [2.75, 3.05) is 5.32 Å². The summed E-state index contributed by atoms with van der Waals surface area (Å²) in [5, 5.41) is 11.0. The monoisotopic (exact) mass is 415 g/mol. The zero-order valence-corrected chi connectivity index (χ0v) is 17.5. The van der Waals surface area contributed by atoms with Crippen LogP contribution in [0.2, 0.25) is 0 Å². The molecule has 0 bridgehead atoms. The lowest BCUT2D eigenvalue weighted by atomic mass is 10.2. The minimum Gasteiger partial charge on any atom is -0.310 e. The van der Waals surface area contributed by atoms with Crippen LogP contribution in [0.4, 0.5) is 5.82 Å². The second-order valence-corrected chi connectivity index (χ2v) is 8.11. The third-order valence-electron chi connectivity index (χ3n) is 4.42. The number of anilines is 1. The number of nitrogens with zero attached hydrogens (tertiary/aromatic N) is 4. The van der Waals surface area contributed by atoms with E-state index in [1.165, 1.54) is 0 Å². The summed E-state index contributed by atoms with van der Waals surface area (Å²) in [5.41, 5.74) is 1.24. The lowest BCUT2D eigenvalue weighted by Gasteiger charge is -2.11. The van der Waals surface area contributed by atoms with Crippen LogP contribution in [-0.2, 0) is 0 Å². The van der Waals surface area contributed by atoms with Crippen LogP contribution >= 0.6 is 11.8 Å². The quantitative estimate of drug-likeness (QED) is 0.461. The minimum absolute atomic E-state index is 0.208. The molecule has 0 aliphatic rings. The van der Waals surface area contributed by atoms with Gasteiger partial charge in [-0.1, -0.05) is 42.1 Å². The third-order valence-corrected chi connectivity index (χ3v) is 5.42. The van der Waals surface area contributed by atoms with Crippen molar-refractivity contribution in [3.63, 3.8) is 0 Å². The summed E-state index contributed by atoms with van der Waals surface area (Å²) in [6.45, 7) is 4.11. The van der Waals surface area contributed by atoms with E-state index in [9.17, 15) is 4.79 Å². The highest BCUT2D eigenvalue weighted by Gasteiger charge is 2.13. The fraction of sp³-hybridized carbons (Fsp3) is 0.130. The Hall–Kier alpha value is -3.45. The smallest absolute Gasteiger partial charge is 0.256 e. The van der Waals surface area contributed by atoms with Crippen LogP contribution in [0.15, 0.2) is 88.9 Å². The molecule has 2 aromatic heterocycles. The fourth-order valence-corrected chi connectivity index (χ4v) is 3.84. The molecule has 0 radical (unpaired) electrons. The molecule has 4 rings (SSSR count). The number of benzene rings is 2. The second-order valence-electron chi connectivity index (χ2n) is 6.96. The maximum absolute atomic E-state index is 12.8. The molecule has 150 valence electrons. The van der Waals surface area contributed by atoms with Gasteiger partial charge in [0.1, 0.15) is 17.8 Å². The largest absolute Gasteiger partial charge is 0.310 e. The van der Waals surface area contributed by atoms with Gasteiger partial charge in [-0.2, -0.15) is 0 Å². The molecule has 0 atom stereocenters. The van der Waals surface area contributed by atoms with E-state index in [0.717, 1.165) is 9.79 Å². The molecule has 2 aromatic carbocycles. The Morgan fingerprint density at radius 3 is 2.53 bits per heavy atom. The predicted molar refractivity (Wildman–Crippen MR) is 119 cm³/mol. The van der Waals surface area contributed by atoms with Gasteiger partial charge in [0.15, 0.2) is 5.82 Å². The van der Waals surface area contributed by atoms with Crippen molar-refractivity contribution < 1.29 is 4.79 Å². The molecular formula is C23H21N5OS. The molecule has 30 heavy (non-hydrogen) atoms. The maximum Gasteiger partial charge on any atom is 0.256 e. The van der Waals surface area contributed by atoms with Crippen LogP contribution in [0, 0.1) is 0 Å². The van der Waals surface area contributed by atoms with Gasteiger partial charge in [-0.25, -0.2) is 4.98 Å². The molecule has 0 aliphatic heterocycles. The summed E-state index contributed by atoms with van der Waals surface area (Å²) in [4.78, 5) is 19.5. The average Bonchev–Trinajstić information content (AvgIpc) is 3.25. The van der Waals surface area contributed by atoms with Gasteiger partial charge in [-0.3, -0.25) is 4.79 Å². The van der Waals surface area contributed by atoms with Crippen LogP contribution in [0.3, 0.4) is 0 Å². The first-order chi connectivity index (χ1) is 14.6. The first-order valence-corrected chi connectivity index (χ1v) is 10.4. The molecule has 0 saturated heterocycles. The number of carbonyl (C=O) groups is 1. The summed E-state index contributed by atoms with van der Waals surface area (Å²) < 4.78 is 1.94. The Morgan fingerprint density at radius 2 is 1.73 bits per heavy atom. The SMILES string of the molecule is CC(C)n1cnnc1-c1cccc(NC(=O)c2cccc(Sc3ccccc3)c2)n1. The van der Waals surface area contributed by atoms with Gasteiger partial charge in [0.2, 0.25) is 0 Å². The summed E-state index contributed by atoms with van der Waals surface area (Å²) in [6.07, 6.45) is 1.68. The number of carbonyl (C=O) groups excluding carboxylic acids is 1. The molecule has 2 heterocycles. The lowest BCUT2D eigenvalue weighted by molar-refractivity contribution is 0.102. The molecule has 0 unspecified atom stereocenters. The molecular weight excluding hydrogens is 394 g/mol. The normalized spacial score (nSPS) is 10.9. The summed E-state index contributed by atoms with van der Waals surface area (Å²) in [5.74, 6) is 0.930. The Balaban J connectivity index is 1.52. The van der Waals surface area contributed by atoms with Crippen LogP contribution in [0.5, 0.6) is 0 Å². The van der Waals surface area contributed by atoms with Gasteiger partial charge in [-0.05, 0) is 56.3 Å². The Morgan fingerprint density at radius 1 is 0.967 bits per heavy atom. The minimum atomic E-state index is -0.208. The highest BCUT2D eigenvalue weighted by molar-refractivity contribution is 7.99. The Labute approximate surface area is 179 Å². The standard InChI is InChI=1S/C23H21N5OS/c1-16(2)28-15-24-27-22(28)20-12-7-13-21(25-20)26-23(29)17-8-6-11-19(14-17)30-18-9-4-3-5-10-18/h3-16H,1-2H3,(H,25,26,29). The average molecular weight is 416 g/mol. The number of aromatic nitrogens is 4. The van der Waals surface area contributed by atoms with Crippen molar-refractivity contribution in [3.8, 4) is 11.5 Å². The molecule has 7 heteroatoms. The highest BCUT2D eigenvalue weighted by atomic mass is 32.2. The number of amides is 1. The molecule has 6 nitrogen and oxygen atoms in total. The Kier molecular flexibility index (Phi) is 5.90. The zero-order chi connectivity index (χ0) is 20.9. The zero-order valence-electron chi connectivity index (χ0n) is 16.7. The summed E-state index contributed by atoms with van der Waals surface area (Å²) in [6, 6.07) is 23.3. The van der Waals surface area contributed by atoms with Gasteiger partial charge in [0.05, 0.1) is 0 Å². The second kappa shape index (κ2) is 8.92. The number of hydrogen-bond donors (Lipinski definition) is 1. The van der Waals surface area contributed by atoms with Gasteiger partial charge in [-0.15, -0.1) is 10.2 Å². The highest BCUT2D eigenvalue weighted by Crippen LogP contribution is 2.28. The number of hydrogen-bond acceptors (Lipinski definition) is 5. The van der Waals surface area contributed by atoms with E-state index in [1.54, 1.807) is 30.2 Å². The summed E-state index contributed by atoms with van der Waals surface area (Å²) in [7, 11) is 0. The van der Waals surface area contributed by atoms with E-state index in [1.807, 2.05) is 65.2 Å². The first kappa shape index (κ1) is 19.8. The predicted octanol–water partition coefficient (Wildman–Crippen LogP) is 5.32. The van der Waals surface area contributed by atoms with Crippen molar-refractivity contribution >= 4 is 23.5 Å². The molecule has 0 saturated carbocycles. The fourth-order valence-electron chi connectivity index (χ4n) is 2.95. The molecule has 1 N–H and O–H groups in total. The van der Waals surface area contributed by atoms with Crippen molar-refractivity contribution in [1.29, 1.82) is 0 Å². The van der Waals surface area contributed by atoms with Gasteiger partial charge in [0.25, 0.3) is 5.91 Å².